The average Bonchev–Trinajstić information content (AvgIpc) is 2.90. The summed E-state index contributed by atoms with van der Waals surface area (Å²) in [6, 6.07) is 19.0. The molecule has 0 saturated carbocycles. The van der Waals surface area contributed by atoms with Crippen LogP contribution in [0.2, 0.25) is 0 Å². The first-order chi connectivity index (χ1) is 10.2. The van der Waals surface area contributed by atoms with Gasteiger partial charge in [0.15, 0.2) is 5.96 Å². The number of anilines is 1. The monoisotopic (exact) mass is 343 g/mol. The van der Waals surface area contributed by atoms with Crippen LogP contribution < -0.4 is 10.6 Å². The third kappa shape index (κ3) is 2.81. The summed E-state index contributed by atoms with van der Waals surface area (Å²) in [5, 5.41) is 0. The molecule has 1 aliphatic rings. The third-order valence-corrected chi connectivity index (χ3v) is 4.55. The van der Waals surface area contributed by atoms with E-state index in [1.807, 2.05) is 18.2 Å². The Morgan fingerprint density at radius 1 is 1.14 bits per heavy atom. The number of aliphatic imine (C=N–C) groups is 1. The van der Waals surface area contributed by atoms with E-state index in [2.05, 4.69) is 69.1 Å². The zero-order valence-electron chi connectivity index (χ0n) is 11.9. The van der Waals surface area contributed by atoms with Gasteiger partial charge in [-0.15, -0.1) is 0 Å². The van der Waals surface area contributed by atoms with Gasteiger partial charge in [-0.3, -0.25) is 4.99 Å². The Bertz CT molecular complexity index is 637. The molecule has 4 heteroatoms. The van der Waals surface area contributed by atoms with Crippen molar-refractivity contribution in [3.05, 3.63) is 64.6 Å². The van der Waals surface area contributed by atoms with Crippen molar-refractivity contribution in [2.45, 2.75) is 18.9 Å². The van der Waals surface area contributed by atoms with Gasteiger partial charge < -0.3 is 10.6 Å². The van der Waals surface area contributed by atoms with Gasteiger partial charge in [0.2, 0.25) is 0 Å². The van der Waals surface area contributed by atoms with Gasteiger partial charge in [0, 0.05) is 16.1 Å². The highest BCUT2D eigenvalue weighted by Crippen LogP contribution is 2.31. The minimum Gasteiger partial charge on any atom is -0.370 e. The van der Waals surface area contributed by atoms with Crippen molar-refractivity contribution in [1.82, 2.24) is 0 Å². The molecule has 2 aromatic carbocycles. The molecule has 2 unspecified atom stereocenters. The third-order valence-electron chi connectivity index (χ3n) is 4.03. The molecule has 2 aromatic rings. The van der Waals surface area contributed by atoms with Gasteiger partial charge >= 0.3 is 0 Å². The Hall–Kier alpha value is -1.81. The van der Waals surface area contributed by atoms with Gasteiger partial charge in [-0.1, -0.05) is 53.2 Å². The molecule has 0 fully saturated rings. The Morgan fingerprint density at radius 2 is 1.81 bits per heavy atom. The molecule has 3 rings (SSSR count). The molecule has 0 aromatic heterocycles. The second-order valence-corrected chi connectivity index (χ2v) is 6.23. The lowest BCUT2D eigenvalue weighted by Gasteiger charge is -2.31. The molecule has 0 saturated heterocycles. The second-order valence-electron chi connectivity index (χ2n) is 5.31. The number of guanidine groups is 1. The molecule has 0 aliphatic carbocycles. The highest BCUT2D eigenvalue weighted by molar-refractivity contribution is 9.10. The lowest BCUT2D eigenvalue weighted by Crippen LogP contribution is -2.43. The average molecular weight is 344 g/mol. The van der Waals surface area contributed by atoms with E-state index in [0.717, 1.165) is 16.7 Å². The van der Waals surface area contributed by atoms with Gasteiger partial charge in [-0.2, -0.15) is 0 Å². The topological polar surface area (TPSA) is 41.6 Å². The maximum Gasteiger partial charge on any atom is 0.196 e. The van der Waals surface area contributed by atoms with Crippen LogP contribution in [0.15, 0.2) is 64.1 Å². The quantitative estimate of drug-likeness (QED) is 0.921. The van der Waals surface area contributed by atoms with Crippen molar-refractivity contribution >= 4 is 27.6 Å². The maximum atomic E-state index is 6.12. The predicted molar refractivity (Wildman–Crippen MR) is 91.8 cm³/mol. The van der Waals surface area contributed by atoms with Crippen LogP contribution in [-0.4, -0.2) is 18.5 Å². The lowest BCUT2D eigenvalue weighted by atomic mass is 9.92. The van der Waals surface area contributed by atoms with Crippen LogP contribution in [0.4, 0.5) is 5.69 Å². The SMILES string of the molecule is CC(c1ccccc1)C1CN=C(N)N1c1ccc(Br)cc1. The molecule has 0 spiro atoms. The first-order valence-corrected chi connectivity index (χ1v) is 7.86. The molecule has 1 aliphatic heterocycles. The van der Waals surface area contributed by atoms with Crippen molar-refractivity contribution in [2.75, 3.05) is 11.4 Å². The van der Waals surface area contributed by atoms with Crippen molar-refractivity contribution < 1.29 is 0 Å². The Morgan fingerprint density at radius 3 is 2.48 bits per heavy atom. The Balaban J connectivity index is 1.90. The zero-order valence-corrected chi connectivity index (χ0v) is 13.5. The van der Waals surface area contributed by atoms with Crippen LogP contribution in [0.5, 0.6) is 0 Å². The van der Waals surface area contributed by atoms with Crippen LogP contribution in [0.1, 0.15) is 18.4 Å². The van der Waals surface area contributed by atoms with E-state index in [0.29, 0.717) is 11.9 Å². The summed E-state index contributed by atoms with van der Waals surface area (Å²) in [5.74, 6) is 0.963. The molecule has 108 valence electrons. The van der Waals surface area contributed by atoms with E-state index < -0.39 is 0 Å². The Labute approximate surface area is 133 Å². The smallest absolute Gasteiger partial charge is 0.196 e. The van der Waals surface area contributed by atoms with Gasteiger partial charge in [0.1, 0.15) is 0 Å². The van der Waals surface area contributed by atoms with E-state index in [-0.39, 0.29) is 6.04 Å². The van der Waals surface area contributed by atoms with Crippen molar-refractivity contribution in [2.24, 2.45) is 10.7 Å². The van der Waals surface area contributed by atoms with E-state index >= 15 is 0 Å². The number of nitrogens with two attached hydrogens (primary N) is 1. The number of benzene rings is 2. The fourth-order valence-corrected chi connectivity index (χ4v) is 3.07. The minimum absolute atomic E-state index is 0.258. The van der Waals surface area contributed by atoms with Crippen molar-refractivity contribution in [3.63, 3.8) is 0 Å². The normalized spacial score (nSPS) is 19.4. The number of nitrogens with zero attached hydrogens (tertiary/aromatic N) is 2. The standard InChI is InChI=1S/C17H18BrN3/c1-12(13-5-3-2-4-6-13)16-11-20-17(19)21(16)15-9-7-14(18)8-10-15/h2-10,12,16H,11H2,1H3,(H2,19,20). The molecule has 0 radical (unpaired) electrons. The molecule has 21 heavy (non-hydrogen) atoms. The number of hydrogen-bond donors (Lipinski definition) is 1. The van der Waals surface area contributed by atoms with Crippen LogP contribution >= 0.6 is 15.9 Å². The number of rotatable bonds is 3. The summed E-state index contributed by atoms with van der Waals surface area (Å²) in [6.45, 7) is 2.97. The Kier molecular flexibility index (Phi) is 3.97. The summed E-state index contributed by atoms with van der Waals surface area (Å²) < 4.78 is 1.06. The molecule has 0 bridgehead atoms. The van der Waals surface area contributed by atoms with Gasteiger partial charge in [0.25, 0.3) is 0 Å². The van der Waals surface area contributed by atoms with Gasteiger partial charge in [-0.25, -0.2) is 0 Å². The summed E-state index contributed by atoms with van der Waals surface area (Å²) in [4.78, 5) is 6.60. The van der Waals surface area contributed by atoms with E-state index in [4.69, 9.17) is 5.73 Å². The first kappa shape index (κ1) is 14.1. The first-order valence-electron chi connectivity index (χ1n) is 7.06. The summed E-state index contributed by atoms with van der Waals surface area (Å²) in [7, 11) is 0. The highest BCUT2D eigenvalue weighted by Gasteiger charge is 2.32. The van der Waals surface area contributed by atoms with Crippen LogP contribution in [-0.2, 0) is 0 Å². The summed E-state index contributed by atoms with van der Waals surface area (Å²) >= 11 is 3.47. The maximum absolute atomic E-state index is 6.12. The molecular weight excluding hydrogens is 326 g/mol. The molecule has 1 heterocycles. The molecule has 0 amide bonds. The number of hydrogen-bond acceptors (Lipinski definition) is 3. The minimum atomic E-state index is 0.258. The lowest BCUT2D eigenvalue weighted by molar-refractivity contribution is 0.595. The summed E-state index contributed by atoms with van der Waals surface area (Å²) in [6.07, 6.45) is 0. The second kappa shape index (κ2) is 5.90. The van der Waals surface area contributed by atoms with Crippen molar-refractivity contribution in [1.29, 1.82) is 0 Å². The van der Waals surface area contributed by atoms with Gasteiger partial charge in [-0.05, 0) is 29.8 Å². The van der Waals surface area contributed by atoms with Crippen LogP contribution in [0, 0.1) is 0 Å². The number of halogens is 1. The van der Waals surface area contributed by atoms with E-state index in [1.54, 1.807) is 0 Å². The highest BCUT2D eigenvalue weighted by atomic mass is 79.9. The van der Waals surface area contributed by atoms with Crippen molar-refractivity contribution in [3.8, 4) is 0 Å². The van der Waals surface area contributed by atoms with E-state index in [1.165, 1.54) is 5.56 Å². The van der Waals surface area contributed by atoms with Crippen LogP contribution in [0.3, 0.4) is 0 Å². The largest absolute Gasteiger partial charge is 0.370 e. The molecular formula is C17H18BrN3. The molecule has 2 atom stereocenters. The summed E-state index contributed by atoms with van der Waals surface area (Å²) in [5.41, 5.74) is 8.52. The molecule has 2 N–H and O–H groups in total. The zero-order chi connectivity index (χ0) is 14.8. The van der Waals surface area contributed by atoms with Gasteiger partial charge in [0.05, 0.1) is 12.6 Å². The fourth-order valence-electron chi connectivity index (χ4n) is 2.80. The van der Waals surface area contributed by atoms with Crippen LogP contribution in [0.25, 0.3) is 0 Å². The predicted octanol–water partition coefficient (Wildman–Crippen LogP) is 3.76. The molecule has 3 nitrogen and oxygen atoms in total. The fraction of sp³-hybridized carbons (Fsp3) is 0.235. The van der Waals surface area contributed by atoms with E-state index in [9.17, 15) is 0 Å².